The molecule has 4 aromatic heterocycles. The summed E-state index contributed by atoms with van der Waals surface area (Å²) in [5, 5.41) is 17.5. The first-order valence-corrected chi connectivity index (χ1v) is 19.2. The van der Waals surface area contributed by atoms with Crippen molar-refractivity contribution in [3.8, 4) is 23.4 Å². The normalized spacial score (nSPS) is 22.7. The van der Waals surface area contributed by atoms with Crippen LogP contribution in [-0.4, -0.2) is 65.4 Å². The number of hydrogen-bond acceptors (Lipinski definition) is 9. The van der Waals surface area contributed by atoms with Crippen molar-refractivity contribution < 1.29 is 34.4 Å². The molecule has 1 N–H and O–H groups in total. The van der Waals surface area contributed by atoms with E-state index >= 15 is 0 Å². The lowest BCUT2D eigenvalue weighted by molar-refractivity contribution is 0.00690. The van der Waals surface area contributed by atoms with Gasteiger partial charge in [0, 0.05) is 30.0 Å². The number of carbonyl (C=O) groups excluding carboxylic acids is 1. The first-order chi connectivity index (χ1) is 27.3. The van der Waals surface area contributed by atoms with Gasteiger partial charge in [0.15, 0.2) is 11.6 Å². The zero-order valence-electron chi connectivity index (χ0n) is 34.3. The van der Waals surface area contributed by atoms with Crippen LogP contribution in [0.4, 0.5) is 0 Å². The Hall–Kier alpha value is -4.16. The summed E-state index contributed by atoms with van der Waals surface area (Å²) in [5.74, 6) is -0.0371. The molecular weight excluding hydrogens is 731 g/mol. The monoisotopic (exact) mass is 778 g/mol. The molecule has 0 atom stereocenters. The number of hydrogen-bond donors (Lipinski definition) is 1. The summed E-state index contributed by atoms with van der Waals surface area (Å²) < 4.78 is 53.6. The van der Waals surface area contributed by atoms with E-state index in [1.165, 1.54) is 21.5 Å². The molecule has 284 valence electrons. The second kappa shape index (κ2) is 12.4. The van der Waals surface area contributed by atoms with Gasteiger partial charge in [-0.15, -0.1) is 10.2 Å². The van der Waals surface area contributed by atoms with Crippen molar-refractivity contribution in [2.24, 2.45) is 33.5 Å². The number of carbonyl (C=O) groups is 2. The van der Waals surface area contributed by atoms with Gasteiger partial charge >= 0.3 is 11.9 Å². The number of rotatable bonds is 12. The van der Waals surface area contributed by atoms with Crippen molar-refractivity contribution in [2.75, 3.05) is 13.2 Å². The zero-order chi connectivity index (χ0) is 41.3. The van der Waals surface area contributed by atoms with Crippen LogP contribution in [0.3, 0.4) is 0 Å². The highest BCUT2D eigenvalue weighted by molar-refractivity contribution is 6.32. The molecule has 6 aliphatic carbocycles. The molecule has 0 aromatic carbocycles. The van der Waals surface area contributed by atoms with Crippen molar-refractivity contribution in [3.05, 3.63) is 70.2 Å². The highest BCUT2D eigenvalue weighted by atomic mass is 35.5. The average molecular weight is 780 g/mol. The van der Waals surface area contributed by atoms with Crippen molar-refractivity contribution in [1.29, 1.82) is 0 Å². The van der Waals surface area contributed by atoms with Crippen LogP contribution in [0.2, 0.25) is 10.3 Å². The third-order valence-corrected chi connectivity index (χ3v) is 12.9. The molecule has 6 saturated carbocycles. The maximum atomic E-state index is 12.2. The van der Waals surface area contributed by atoms with E-state index in [2.05, 4.69) is 20.2 Å². The molecule has 0 bridgehead atoms. The lowest BCUT2D eigenvalue weighted by atomic mass is 10.2. The molecule has 0 amide bonds. The molecule has 0 unspecified atom stereocenters. The van der Waals surface area contributed by atoms with Gasteiger partial charge in [0.05, 0.1) is 24.3 Å². The minimum absolute atomic E-state index is 0.00997. The topological polar surface area (TPSA) is 143 Å². The fourth-order valence-corrected chi connectivity index (χ4v) is 9.57. The smallest absolute Gasteiger partial charge is 0.341 e. The number of halogens is 2. The van der Waals surface area contributed by atoms with Crippen LogP contribution >= 0.6 is 23.2 Å². The predicted octanol–water partition coefficient (Wildman–Crippen LogP) is 8.41. The largest absolute Gasteiger partial charge is 0.478 e. The van der Waals surface area contributed by atoms with Crippen molar-refractivity contribution in [1.82, 2.24) is 29.5 Å². The summed E-state index contributed by atoms with van der Waals surface area (Å²) >= 11 is 12.1. The van der Waals surface area contributed by atoms with Crippen LogP contribution < -0.4 is 9.47 Å². The van der Waals surface area contributed by atoms with E-state index in [0.29, 0.717) is 23.4 Å². The van der Waals surface area contributed by atoms with Crippen molar-refractivity contribution in [2.45, 2.75) is 90.5 Å². The van der Waals surface area contributed by atoms with Gasteiger partial charge in [-0.2, -0.15) is 0 Å². The Balaban J connectivity index is 0.000000152. The Bertz CT molecular complexity index is 2290. The Morgan fingerprint density at radius 2 is 1.15 bits per heavy atom. The summed E-state index contributed by atoms with van der Waals surface area (Å²) in [6.07, 6.45) is 9.85. The molecule has 4 heterocycles. The fourth-order valence-electron chi connectivity index (χ4n) is 9.11. The third kappa shape index (κ3) is 6.13. The van der Waals surface area contributed by atoms with Gasteiger partial charge < -0.3 is 19.3 Å². The van der Waals surface area contributed by atoms with Crippen molar-refractivity contribution in [3.63, 3.8) is 0 Å². The lowest BCUT2D eigenvalue weighted by Crippen LogP contribution is -2.24. The molecule has 14 heteroatoms. The Morgan fingerprint density at radius 1 is 0.741 bits per heavy atom. The van der Waals surface area contributed by atoms with Gasteiger partial charge in [-0.05, 0) is 143 Å². The summed E-state index contributed by atoms with van der Waals surface area (Å²) in [5.41, 5.74) is 0.564. The minimum Gasteiger partial charge on any atom is -0.478 e. The van der Waals surface area contributed by atoms with E-state index in [1.807, 2.05) is 0 Å². The van der Waals surface area contributed by atoms with E-state index in [4.69, 9.17) is 48.0 Å². The van der Waals surface area contributed by atoms with E-state index in [1.54, 1.807) is 57.4 Å². The third-order valence-electron chi connectivity index (χ3n) is 12.3. The molecule has 0 saturated heterocycles. The average Bonchev–Trinajstić information content (AvgIpc) is 3.85. The van der Waals surface area contributed by atoms with Crippen LogP contribution in [0.25, 0.3) is 11.6 Å². The molecule has 6 aliphatic rings. The number of carboxylic acid groups (broad SMARTS) is 1. The summed E-state index contributed by atoms with van der Waals surface area (Å²) in [6.45, 7) is 5.32. The molecule has 0 radical (unpaired) electrons. The Labute approximate surface area is 329 Å². The maximum Gasteiger partial charge on any atom is 0.341 e. The number of pyridine rings is 2. The molecule has 0 aliphatic heterocycles. The minimum atomic E-state index is -1.36. The van der Waals surface area contributed by atoms with Crippen LogP contribution in [0, 0.1) is 33.5 Å². The number of aromatic nitrogens is 6. The van der Waals surface area contributed by atoms with Crippen LogP contribution in [0.5, 0.6) is 11.8 Å². The summed E-state index contributed by atoms with van der Waals surface area (Å²) in [4.78, 5) is 31.5. The highest BCUT2D eigenvalue weighted by Crippen LogP contribution is 2.93. The van der Waals surface area contributed by atoms with E-state index < -0.39 is 30.3 Å². The molecule has 12 nitrogen and oxygen atoms in total. The van der Waals surface area contributed by atoms with Crippen molar-refractivity contribution >= 4 is 35.1 Å². The number of fused-ring (bicyclic) bond motifs is 2. The highest BCUT2D eigenvalue weighted by Gasteiger charge is 2.86. The van der Waals surface area contributed by atoms with E-state index in [9.17, 15) is 9.59 Å². The Kier molecular flexibility index (Phi) is 7.15. The van der Waals surface area contributed by atoms with Gasteiger partial charge in [-0.25, -0.2) is 28.9 Å². The number of nitrogens with zero attached hydrogens (tertiary/aromatic N) is 6. The second-order valence-electron chi connectivity index (χ2n) is 16.5. The zero-order valence-corrected chi connectivity index (χ0v) is 31.8. The first kappa shape index (κ1) is 31.1. The second-order valence-corrected chi connectivity index (χ2v) is 17.2. The SMILES string of the molecule is [2H]C([2H])(COc1ccn(-c2ccc(C(=O)O)c(Cl)n2)n1)C1C2(CC2)C12CC2.[2H]C([2H])(COc1ccn(-c2ccc(C(=O)OC(C)(C)C)c(Cl)n2)n1)C1C2(CC2)C12CC2. The molecule has 54 heavy (non-hydrogen) atoms. The fraction of sp³-hybridized carbons (Fsp3) is 0.550. The number of esters is 1. The first-order valence-electron chi connectivity index (χ1n) is 20.4. The Morgan fingerprint density at radius 3 is 1.50 bits per heavy atom. The van der Waals surface area contributed by atoms with Crippen LogP contribution in [0.1, 0.15) is 111 Å². The number of carboxylic acids is 1. The molecule has 10 rings (SSSR count). The molecule has 4 aromatic rings. The summed E-state index contributed by atoms with van der Waals surface area (Å²) in [7, 11) is 0. The predicted molar refractivity (Wildman–Crippen MR) is 199 cm³/mol. The van der Waals surface area contributed by atoms with Gasteiger partial charge in [0.1, 0.15) is 15.9 Å². The van der Waals surface area contributed by atoms with Gasteiger partial charge in [-0.1, -0.05) is 23.2 Å². The van der Waals surface area contributed by atoms with Gasteiger partial charge in [0.25, 0.3) is 0 Å². The molecular formula is C40H44Cl2N6O6. The number of aromatic carboxylic acids is 1. The summed E-state index contributed by atoms with van der Waals surface area (Å²) in [6, 6.07) is 9.34. The lowest BCUT2D eigenvalue weighted by Gasteiger charge is -2.19. The van der Waals surface area contributed by atoms with E-state index in [-0.39, 0.29) is 68.1 Å². The van der Waals surface area contributed by atoms with Crippen LogP contribution in [0.15, 0.2) is 48.8 Å². The molecule has 4 spiro atoms. The molecule has 6 fully saturated rings. The van der Waals surface area contributed by atoms with Gasteiger partial charge in [0.2, 0.25) is 11.8 Å². The van der Waals surface area contributed by atoms with E-state index in [0.717, 1.165) is 51.4 Å². The van der Waals surface area contributed by atoms with Crippen LogP contribution in [-0.2, 0) is 4.74 Å². The van der Waals surface area contributed by atoms with Gasteiger partial charge in [-0.3, -0.25) is 0 Å². The quantitative estimate of drug-likeness (QED) is 0.110. The number of ether oxygens (including phenoxy) is 3. The maximum absolute atomic E-state index is 12.2. The standard InChI is InChI=1S/C22H26ClN3O3.C18H18ClN3O3/c1-20(2,3)29-19(27)14-4-5-16(24-18(14)23)26-12-6-17(25-26)28-13-7-15-21(8-9-21)22(15)10-11-22;19-15-11(16(23)24)1-2-13(20-15)22-9-3-14(21-22)25-10-4-12-17(5-6-17)18(12)7-8-18/h4-6,12,15H,7-11,13H2,1-3H3;1-3,9,12H,4-8,10H2,(H,23,24)/i7D2;4D2.